The lowest BCUT2D eigenvalue weighted by Crippen LogP contribution is -2.13. The number of benzene rings is 1. The van der Waals surface area contributed by atoms with Crippen LogP contribution in [0.3, 0.4) is 0 Å². The van der Waals surface area contributed by atoms with E-state index in [0.717, 1.165) is 10.0 Å². The summed E-state index contributed by atoms with van der Waals surface area (Å²) in [7, 11) is 0. The van der Waals surface area contributed by atoms with E-state index in [0.29, 0.717) is 19.4 Å². The number of carbonyl (C=O) groups is 1. The van der Waals surface area contributed by atoms with Crippen molar-refractivity contribution in [2.75, 3.05) is 6.61 Å². The fourth-order valence-electron chi connectivity index (χ4n) is 1.38. The Labute approximate surface area is 104 Å². The maximum absolute atomic E-state index is 11.1. The van der Waals surface area contributed by atoms with Gasteiger partial charge in [-0.25, -0.2) is 0 Å². The van der Waals surface area contributed by atoms with Gasteiger partial charge in [-0.2, -0.15) is 0 Å². The van der Waals surface area contributed by atoms with Gasteiger partial charge >= 0.3 is 5.97 Å². The molecule has 1 aromatic rings. The maximum Gasteiger partial charge on any atom is 0.305 e. The summed E-state index contributed by atoms with van der Waals surface area (Å²) in [5.41, 5.74) is 7.00. The van der Waals surface area contributed by atoms with E-state index in [1.807, 2.05) is 24.3 Å². The molecule has 0 aromatic heterocycles. The van der Waals surface area contributed by atoms with E-state index < -0.39 is 0 Å². The van der Waals surface area contributed by atoms with Gasteiger partial charge in [0.15, 0.2) is 0 Å². The molecule has 1 rings (SSSR count). The molecule has 0 saturated carbocycles. The molecular formula is C12H16BrNO2. The smallest absolute Gasteiger partial charge is 0.305 e. The van der Waals surface area contributed by atoms with E-state index >= 15 is 0 Å². The summed E-state index contributed by atoms with van der Waals surface area (Å²) in [6, 6.07) is 7.69. The molecule has 16 heavy (non-hydrogen) atoms. The third-order valence-electron chi connectivity index (χ3n) is 2.26. The Kier molecular flexibility index (Phi) is 5.49. The molecule has 3 nitrogen and oxygen atoms in total. The predicted molar refractivity (Wildman–Crippen MR) is 66.9 cm³/mol. The molecule has 4 heteroatoms. The van der Waals surface area contributed by atoms with Crippen molar-refractivity contribution in [3.63, 3.8) is 0 Å². The summed E-state index contributed by atoms with van der Waals surface area (Å²) < 4.78 is 5.87. The van der Waals surface area contributed by atoms with Gasteiger partial charge in [-0.1, -0.05) is 28.1 Å². The van der Waals surface area contributed by atoms with Crippen LogP contribution in [-0.4, -0.2) is 12.6 Å². The SMILES string of the molecule is CCOC(=O)CCC(N)c1ccc(Br)cc1. The molecule has 0 aliphatic carbocycles. The predicted octanol–water partition coefficient (Wildman–Crippen LogP) is 2.79. The second-order valence-corrected chi connectivity index (χ2v) is 4.42. The second-order valence-electron chi connectivity index (χ2n) is 3.50. The van der Waals surface area contributed by atoms with Crippen molar-refractivity contribution in [2.45, 2.75) is 25.8 Å². The lowest BCUT2D eigenvalue weighted by molar-refractivity contribution is -0.143. The summed E-state index contributed by atoms with van der Waals surface area (Å²) >= 11 is 3.36. The molecule has 1 aromatic carbocycles. The van der Waals surface area contributed by atoms with E-state index in [1.54, 1.807) is 6.92 Å². The van der Waals surface area contributed by atoms with E-state index in [9.17, 15) is 4.79 Å². The zero-order valence-corrected chi connectivity index (χ0v) is 10.9. The largest absolute Gasteiger partial charge is 0.466 e. The Hall–Kier alpha value is -0.870. The van der Waals surface area contributed by atoms with E-state index in [1.165, 1.54) is 0 Å². The topological polar surface area (TPSA) is 52.3 Å². The van der Waals surface area contributed by atoms with Crippen LogP contribution in [0.4, 0.5) is 0 Å². The van der Waals surface area contributed by atoms with Crippen molar-refractivity contribution in [1.82, 2.24) is 0 Å². The number of hydrogen-bond acceptors (Lipinski definition) is 3. The molecule has 0 heterocycles. The van der Waals surface area contributed by atoms with Gasteiger partial charge in [-0.05, 0) is 31.0 Å². The van der Waals surface area contributed by atoms with Crippen LogP contribution >= 0.6 is 15.9 Å². The standard InChI is InChI=1S/C12H16BrNO2/c1-2-16-12(15)8-7-11(14)9-3-5-10(13)6-4-9/h3-6,11H,2,7-8,14H2,1H3. The lowest BCUT2D eigenvalue weighted by Gasteiger charge is -2.11. The van der Waals surface area contributed by atoms with Crippen molar-refractivity contribution in [1.29, 1.82) is 0 Å². The zero-order chi connectivity index (χ0) is 12.0. The summed E-state index contributed by atoms with van der Waals surface area (Å²) in [6.07, 6.45) is 0.978. The summed E-state index contributed by atoms with van der Waals surface area (Å²) in [6.45, 7) is 2.22. The van der Waals surface area contributed by atoms with Crippen LogP contribution in [0.2, 0.25) is 0 Å². The molecular weight excluding hydrogens is 270 g/mol. The first-order chi connectivity index (χ1) is 7.63. The zero-order valence-electron chi connectivity index (χ0n) is 9.28. The van der Waals surface area contributed by atoms with Crippen molar-refractivity contribution in [3.8, 4) is 0 Å². The highest BCUT2D eigenvalue weighted by Gasteiger charge is 2.09. The van der Waals surface area contributed by atoms with Crippen LogP contribution in [0.15, 0.2) is 28.7 Å². The number of carbonyl (C=O) groups excluding carboxylic acids is 1. The normalized spacial score (nSPS) is 12.2. The third-order valence-corrected chi connectivity index (χ3v) is 2.79. The van der Waals surface area contributed by atoms with Gasteiger partial charge in [0, 0.05) is 16.9 Å². The first-order valence-corrected chi connectivity index (χ1v) is 6.09. The fraction of sp³-hybridized carbons (Fsp3) is 0.417. The lowest BCUT2D eigenvalue weighted by atomic mass is 10.0. The fourth-order valence-corrected chi connectivity index (χ4v) is 1.65. The minimum Gasteiger partial charge on any atom is -0.466 e. The van der Waals surface area contributed by atoms with Crippen LogP contribution in [0.25, 0.3) is 0 Å². The molecule has 2 N–H and O–H groups in total. The van der Waals surface area contributed by atoms with Crippen molar-refractivity contribution in [3.05, 3.63) is 34.3 Å². The summed E-state index contributed by atoms with van der Waals surface area (Å²) in [5, 5.41) is 0. The van der Waals surface area contributed by atoms with Crippen molar-refractivity contribution < 1.29 is 9.53 Å². The van der Waals surface area contributed by atoms with Crippen LogP contribution in [0.1, 0.15) is 31.4 Å². The Morgan fingerprint density at radius 1 is 1.44 bits per heavy atom. The van der Waals surface area contributed by atoms with Crippen LogP contribution in [0.5, 0.6) is 0 Å². The van der Waals surface area contributed by atoms with Gasteiger partial charge in [-0.3, -0.25) is 4.79 Å². The molecule has 0 radical (unpaired) electrons. The minimum absolute atomic E-state index is 0.113. The van der Waals surface area contributed by atoms with Gasteiger partial charge < -0.3 is 10.5 Å². The number of rotatable bonds is 5. The minimum atomic E-state index is -0.185. The van der Waals surface area contributed by atoms with E-state index in [4.69, 9.17) is 10.5 Å². The van der Waals surface area contributed by atoms with Gasteiger partial charge in [0.05, 0.1) is 6.61 Å². The summed E-state index contributed by atoms with van der Waals surface area (Å²) in [4.78, 5) is 11.1. The van der Waals surface area contributed by atoms with E-state index in [-0.39, 0.29) is 12.0 Å². The second kappa shape index (κ2) is 6.66. The Morgan fingerprint density at radius 3 is 2.62 bits per heavy atom. The molecule has 0 fully saturated rings. The molecule has 0 saturated heterocycles. The molecule has 1 unspecified atom stereocenters. The quantitative estimate of drug-likeness (QED) is 0.847. The van der Waals surface area contributed by atoms with Gasteiger partial charge in [-0.15, -0.1) is 0 Å². The molecule has 0 spiro atoms. The maximum atomic E-state index is 11.1. The first-order valence-electron chi connectivity index (χ1n) is 5.30. The highest BCUT2D eigenvalue weighted by molar-refractivity contribution is 9.10. The molecule has 88 valence electrons. The van der Waals surface area contributed by atoms with Crippen LogP contribution < -0.4 is 5.73 Å². The van der Waals surface area contributed by atoms with Crippen molar-refractivity contribution in [2.24, 2.45) is 5.73 Å². The average Bonchev–Trinajstić information content (AvgIpc) is 2.27. The Bertz CT molecular complexity index is 337. The monoisotopic (exact) mass is 285 g/mol. The molecule has 0 amide bonds. The van der Waals surface area contributed by atoms with E-state index in [2.05, 4.69) is 15.9 Å². The highest BCUT2D eigenvalue weighted by Crippen LogP contribution is 2.18. The number of hydrogen-bond donors (Lipinski definition) is 1. The first kappa shape index (κ1) is 13.2. The Morgan fingerprint density at radius 2 is 2.06 bits per heavy atom. The van der Waals surface area contributed by atoms with Gasteiger partial charge in [0.2, 0.25) is 0 Å². The number of halogens is 1. The molecule has 0 bridgehead atoms. The third kappa shape index (κ3) is 4.33. The van der Waals surface area contributed by atoms with Gasteiger partial charge in [0.1, 0.15) is 0 Å². The highest BCUT2D eigenvalue weighted by atomic mass is 79.9. The Balaban J connectivity index is 2.43. The average molecular weight is 286 g/mol. The number of nitrogens with two attached hydrogens (primary N) is 1. The number of esters is 1. The van der Waals surface area contributed by atoms with Gasteiger partial charge in [0.25, 0.3) is 0 Å². The van der Waals surface area contributed by atoms with Crippen molar-refractivity contribution >= 4 is 21.9 Å². The molecule has 1 atom stereocenters. The number of ether oxygens (including phenoxy) is 1. The van der Waals surface area contributed by atoms with Crippen LogP contribution in [-0.2, 0) is 9.53 Å². The van der Waals surface area contributed by atoms with Crippen LogP contribution in [0, 0.1) is 0 Å². The molecule has 0 aliphatic rings. The summed E-state index contributed by atoms with van der Waals surface area (Å²) in [5.74, 6) is -0.185. The molecule has 0 aliphatic heterocycles.